The largest absolute Gasteiger partial charge is 0.323 e. The highest BCUT2D eigenvalue weighted by Crippen LogP contribution is 2.29. The quantitative estimate of drug-likeness (QED) is 0.691. The van der Waals surface area contributed by atoms with Crippen LogP contribution < -0.4 is 5.69 Å². The van der Waals surface area contributed by atoms with E-state index in [1.165, 1.54) is 6.07 Å². The Balaban J connectivity index is 1.87. The molecule has 0 saturated heterocycles. The normalized spacial score (nSPS) is 12.7. The van der Waals surface area contributed by atoms with E-state index in [4.69, 9.17) is 0 Å². The fraction of sp³-hybridized carbons (Fsp3) is 0.133. The molecule has 108 valence electrons. The second-order valence-electron chi connectivity index (χ2n) is 4.80. The lowest BCUT2D eigenvalue weighted by molar-refractivity contribution is 0.507. The molecule has 1 unspecified atom stereocenters. The molecule has 2 aromatic carbocycles. The molecule has 3 aromatic rings. The Kier molecular flexibility index (Phi) is 3.63. The number of fused-ring (bicyclic) bond motifs is 1. The van der Waals surface area contributed by atoms with Crippen LogP contribution in [0.5, 0.6) is 0 Å². The Labute approximate surface area is 127 Å². The molecular formula is C15H11BrF2N2O. The minimum atomic E-state index is -0.851. The zero-order chi connectivity index (χ0) is 15.0. The van der Waals surface area contributed by atoms with E-state index < -0.39 is 11.6 Å². The van der Waals surface area contributed by atoms with Gasteiger partial charge in [-0.15, -0.1) is 0 Å². The third-order valence-corrected chi connectivity index (χ3v) is 4.15. The lowest BCUT2D eigenvalue weighted by atomic mass is 10.0. The summed E-state index contributed by atoms with van der Waals surface area (Å²) in [5.74, 6) is -1.70. The number of aromatic amines is 2. The molecule has 2 N–H and O–H groups in total. The third-order valence-electron chi connectivity index (χ3n) is 3.30. The van der Waals surface area contributed by atoms with Crippen molar-refractivity contribution in [2.24, 2.45) is 0 Å². The molecule has 0 aliphatic heterocycles. The van der Waals surface area contributed by atoms with Crippen molar-refractivity contribution in [1.29, 1.82) is 0 Å². The molecular weight excluding hydrogens is 342 g/mol. The molecule has 0 saturated carbocycles. The predicted molar refractivity (Wildman–Crippen MR) is 80.6 cm³/mol. The number of nitrogens with one attached hydrogen (secondary N) is 2. The van der Waals surface area contributed by atoms with Gasteiger partial charge in [0.1, 0.15) is 0 Å². The summed E-state index contributed by atoms with van der Waals surface area (Å²) in [4.78, 5) is 16.5. The summed E-state index contributed by atoms with van der Waals surface area (Å²) in [6, 6.07) is 9.42. The van der Waals surface area contributed by atoms with E-state index >= 15 is 0 Å². The van der Waals surface area contributed by atoms with Crippen LogP contribution in [0.4, 0.5) is 8.78 Å². The van der Waals surface area contributed by atoms with Gasteiger partial charge in [0.25, 0.3) is 0 Å². The number of hydrogen-bond donors (Lipinski definition) is 2. The molecule has 1 heterocycles. The van der Waals surface area contributed by atoms with Gasteiger partial charge in [0, 0.05) is 4.83 Å². The summed E-state index contributed by atoms with van der Waals surface area (Å²) in [6.45, 7) is 0. The molecule has 0 aliphatic carbocycles. The molecule has 3 rings (SSSR count). The first-order valence-electron chi connectivity index (χ1n) is 6.33. The van der Waals surface area contributed by atoms with Crippen molar-refractivity contribution in [3.05, 3.63) is 69.6 Å². The summed E-state index contributed by atoms with van der Waals surface area (Å²) >= 11 is 3.54. The Hall–Kier alpha value is -1.95. The molecule has 0 amide bonds. The summed E-state index contributed by atoms with van der Waals surface area (Å²) < 4.78 is 26.1. The van der Waals surface area contributed by atoms with Gasteiger partial charge in [0.05, 0.1) is 11.0 Å². The number of alkyl halides is 1. The van der Waals surface area contributed by atoms with Crippen LogP contribution in [0.1, 0.15) is 16.0 Å². The zero-order valence-electron chi connectivity index (χ0n) is 10.8. The Bertz CT molecular complexity index is 856. The molecule has 0 fully saturated rings. The Morgan fingerprint density at radius 3 is 2.52 bits per heavy atom. The van der Waals surface area contributed by atoms with Gasteiger partial charge in [-0.2, -0.15) is 0 Å². The Morgan fingerprint density at radius 1 is 1.00 bits per heavy atom. The standard InChI is InChI=1S/C15H11BrF2N2O/c16-10(5-8-1-3-11(17)12(18)6-8)9-2-4-13-14(7-9)20-15(21)19-13/h1-4,6-7,10H,5H2,(H2,19,20,21). The molecule has 1 atom stereocenters. The lowest BCUT2D eigenvalue weighted by Crippen LogP contribution is -1.99. The maximum absolute atomic E-state index is 13.2. The number of hydrogen-bond acceptors (Lipinski definition) is 1. The van der Waals surface area contributed by atoms with Crippen LogP contribution in [0.25, 0.3) is 11.0 Å². The average molecular weight is 353 g/mol. The van der Waals surface area contributed by atoms with Gasteiger partial charge in [0.2, 0.25) is 0 Å². The monoisotopic (exact) mass is 352 g/mol. The topological polar surface area (TPSA) is 48.6 Å². The number of aromatic nitrogens is 2. The van der Waals surface area contributed by atoms with Gasteiger partial charge in [-0.3, -0.25) is 0 Å². The van der Waals surface area contributed by atoms with Crippen molar-refractivity contribution in [3.8, 4) is 0 Å². The third kappa shape index (κ3) is 2.90. The van der Waals surface area contributed by atoms with Crippen molar-refractivity contribution >= 4 is 27.0 Å². The molecule has 21 heavy (non-hydrogen) atoms. The van der Waals surface area contributed by atoms with E-state index in [0.29, 0.717) is 17.5 Å². The van der Waals surface area contributed by atoms with Crippen molar-refractivity contribution in [1.82, 2.24) is 9.97 Å². The Morgan fingerprint density at radius 2 is 1.76 bits per heavy atom. The highest BCUT2D eigenvalue weighted by atomic mass is 79.9. The first kappa shape index (κ1) is 14.0. The van der Waals surface area contributed by atoms with Crippen molar-refractivity contribution in [2.75, 3.05) is 0 Å². The first-order valence-corrected chi connectivity index (χ1v) is 7.24. The van der Waals surface area contributed by atoms with Crippen molar-refractivity contribution in [2.45, 2.75) is 11.2 Å². The molecule has 0 aliphatic rings. The van der Waals surface area contributed by atoms with E-state index in [1.54, 1.807) is 6.07 Å². The van der Waals surface area contributed by atoms with Crippen LogP contribution in [-0.2, 0) is 6.42 Å². The van der Waals surface area contributed by atoms with Crippen LogP contribution in [0.15, 0.2) is 41.2 Å². The highest BCUT2D eigenvalue weighted by Gasteiger charge is 2.12. The van der Waals surface area contributed by atoms with E-state index in [9.17, 15) is 13.6 Å². The minimum absolute atomic E-state index is 0.0647. The fourth-order valence-corrected chi connectivity index (χ4v) is 2.89. The summed E-state index contributed by atoms with van der Waals surface area (Å²) in [5, 5.41) is 0. The maximum atomic E-state index is 13.2. The van der Waals surface area contributed by atoms with E-state index in [0.717, 1.165) is 17.1 Å². The minimum Gasteiger partial charge on any atom is -0.306 e. The molecule has 0 spiro atoms. The number of benzene rings is 2. The average Bonchev–Trinajstić information content (AvgIpc) is 2.82. The van der Waals surface area contributed by atoms with Crippen LogP contribution in [0.2, 0.25) is 0 Å². The number of imidazole rings is 1. The number of halogens is 3. The van der Waals surface area contributed by atoms with Crippen LogP contribution in [0.3, 0.4) is 0 Å². The second kappa shape index (κ2) is 5.44. The fourth-order valence-electron chi connectivity index (χ4n) is 2.24. The molecule has 6 heteroatoms. The summed E-state index contributed by atoms with van der Waals surface area (Å²) in [5.41, 5.74) is 2.83. The maximum Gasteiger partial charge on any atom is 0.323 e. The van der Waals surface area contributed by atoms with E-state index in [-0.39, 0.29) is 10.5 Å². The summed E-state index contributed by atoms with van der Waals surface area (Å²) in [6.07, 6.45) is 0.511. The van der Waals surface area contributed by atoms with Gasteiger partial charge in [-0.1, -0.05) is 28.1 Å². The predicted octanol–water partition coefficient (Wildman–Crippen LogP) is 3.81. The van der Waals surface area contributed by atoms with Crippen molar-refractivity contribution < 1.29 is 8.78 Å². The van der Waals surface area contributed by atoms with E-state index in [1.807, 2.05) is 18.2 Å². The smallest absolute Gasteiger partial charge is 0.306 e. The van der Waals surface area contributed by atoms with E-state index in [2.05, 4.69) is 25.9 Å². The van der Waals surface area contributed by atoms with Gasteiger partial charge < -0.3 is 9.97 Å². The van der Waals surface area contributed by atoms with Crippen LogP contribution in [0, 0.1) is 11.6 Å². The van der Waals surface area contributed by atoms with Gasteiger partial charge >= 0.3 is 5.69 Å². The van der Waals surface area contributed by atoms with Crippen LogP contribution >= 0.6 is 15.9 Å². The van der Waals surface area contributed by atoms with Gasteiger partial charge in [0.15, 0.2) is 11.6 Å². The van der Waals surface area contributed by atoms with Crippen LogP contribution in [-0.4, -0.2) is 9.97 Å². The molecule has 0 radical (unpaired) electrons. The highest BCUT2D eigenvalue weighted by molar-refractivity contribution is 9.09. The molecule has 0 bridgehead atoms. The van der Waals surface area contributed by atoms with Gasteiger partial charge in [-0.05, 0) is 41.8 Å². The van der Waals surface area contributed by atoms with Gasteiger partial charge in [-0.25, -0.2) is 13.6 Å². The first-order chi connectivity index (χ1) is 10.0. The SMILES string of the molecule is O=c1[nH]c2ccc(C(Br)Cc3ccc(F)c(F)c3)cc2[nH]1. The summed E-state index contributed by atoms with van der Waals surface area (Å²) in [7, 11) is 0. The number of H-pyrrole nitrogens is 2. The lowest BCUT2D eigenvalue weighted by Gasteiger charge is -2.10. The van der Waals surface area contributed by atoms with Crippen molar-refractivity contribution in [3.63, 3.8) is 0 Å². The molecule has 3 nitrogen and oxygen atoms in total. The molecule has 1 aromatic heterocycles. The zero-order valence-corrected chi connectivity index (χ0v) is 12.4. The second-order valence-corrected chi connectivity index (χ2v) is 5.91. The number of rotatable bonds is 3.